The van der Waals surface area contributed by atoms with Crippen molar-refractivity contribution in [3.63, 3.8) is 0 Å². The van der Waals surface area contributed by atoms with Crippen LogP contribution in [-0.4, -0.2) is 115 Å². The van der Waals surface area contributed by atoms with Crippen LogP contribution in [0.2, 0.25) is 0 Å². The molecule has 0 aromatic carbocycles. The minimum Gasteiger partial charge on any atom is -0.388 e. The van der Waals surface area contributed by atoms with Gasteiger partial charge in [-0.2, -0.15) is 0 Å². The summed E-state index contributed by atoms with van der Waals surface area (Å²) in [4.78, 5) is 0. The summed E-state index contributed by atoms with van der Waals surface area (Å²) >= 11 is 0. The third kappa shape index (κ3) is 5.85. The second kappa shape index (κ2) is 11.1. The molecule has 33 heavy (non-hydrogen) atoms. The standard InChI is InChI=1S/C21H43N5O7/c1-9(25-3)13-6-5-10(22)19(31-13)32-16-11(23)7-12(24)17(14(16)27)33-20-15(28)18(26-4)21(2,29)8-30-20/h9-20,25-29H,5-8,22-24H2,1-4H3/t9?,10-,11?,12-,13?,14?,15+,16?,17+,18?,19+,20?,21-/m0/s1. The number of nitrogens with two attached hydrogens (primary N) is 3. The van der Waals surface area contributed by atoms with Crippen LogP contribution in [0.25, 0.3) is 0 Å². The predicted octanol–water partition coefficient (Wildman–Crippen LogP) is -3.33. The zero-order valence-corrected chi connectivity index (χ0v) is 20.0. The highest BCUT2D eigenvalue weighted by atomic mass is 16.7. The lowest BCUT2D eigenvalue weighted by Gasteiger charge is -2.48. The molecule has 3 aliphatic rings. The minimum atomic E-state index is -1.29. The molecule has 12 heteroatoms. The van der Waals surface area contributed by atoms with E-state index >= 15 is 0 Å². The highest BCUT2D eigenvalue weighted by molar-refractivity contribution is 5.02. The molecule has 194 valence electrons. The fraction of sp³-hybridized carbons (Fsp3) is 1.00. The average Bonchev–Trinajstić information content (AvgIpc) is 2.76. The molecule has 0 aromatic rings. The van der Waals surface area contributed by atoms with Gasteiger partial charge in [0.25, 0.3) is 0 Å². The number of aliphatic hydroxyl groups excluding tert-OH is 2. The van der Waals surface area contributed by atoms with E-state index in [1.54, 1.807) is 14.0 Å². The van der Waals surface area contributed by atoms with E-state index in [1.807, 2.05) is 14.0 Å². The van der Waals surface area contributed by atoms with Gasteiger partial charge in [0.1, 0.15) is 30.0 Å². The van der Waals surface area contributed by atoms with E-state index in [4.69, 9.17) is 36.1 Å². The summed E-state index contributed by atoms with van der Waals surface area (Å²) in [6.07, 6.45) is -4.22. The van der Waals surface area contributed by atoms with Gasteiger partial charge in [-0.25, -0.2) is 0 Å². The van der Waals surface area contributed by atoms with Crippen molar-refractivity contribution in [1.29, 1.82) is 0 Å². The van der Waals surface area contributed by atoms with E-state index in [0.29, 0.717) is 12.8 Å². The Bertz CT molecular complexity index is 632. The molecule has 3 fully saturated rings. The first-order chi connectivity index (χ1) is 15.5. The summed E-state index contributed by atoms with van der Waals surface area (Å²) in [5.41, 5.74) is 17.5. The summed E-state index contributed by atoms with van der Waals surface area (Å²) in [6, 6.07) is -2.11. The summed E-state index contributed by atoms with van der Waals surface area (Å²) < 4.78 is 23.7. The third-order valence-electron chi connectivity index (χ3n) is 7.24. The van der Waals surface area contributed by atoms with Crippen LogP contribution in [0.15, 0.2) is 0 Å². The van der Waals surface area contributed by atoms with Gasteiger partial charge >= 0.3 is 0 Å². The number of likely N-dealkylation sites (N-methyl/N-ethyl adjacent to an activating group) is 2. The highest BCUT2D eigenvalue weighted by Gasteiger charge is 2.50. The third-order valence-corrected chi connectivity index (χ3v) is 7.24. The van der Waals surface area contributed by atoms with Crippen molar-refractivity contribution in [2.75, 3.05) is 20.7 Å². The molecule has 2 heterocycles. The number of hydrogen-bond acceptors (Lipinski definition) is 12. The zero-order chi connectivity index (χ0) is 24.5. The molecule has 0 bridgehead atoms. The molecule has 12 nitrogen and oxygen atoms in total. The Hall–Kier alpha value is -0.480. The van der Waals surface area contributed by atoms with Crippen molar-refractivity contribution >= 4 is 0 Å². The van der Waals surface area contributed by atoms with Gasteiger partial charge in [-0.05, 0) is 47.2 Å². The summed E-state index contributed by atoms with van der Waals surface area (Å²) in [5, 5.41) is 38.3. The van der Waals surface area contributed by atoms with Crippen LogP contribution in [0.3, 0.4) is 0 Å². The molecular weight excluding hydrogens is 434 g/mol. The average molecular weight is 478 g/mol. The summed E-state index contributed by atoms with van der Waals surface area (Å²) in [6.45, 7) is 3.52. The van der Waals surface area contributed by atoms with E-state index in [9.17, 15) is 15.3 Å². The molecule has 0 amide bonds. The Balaban J connectivity index is 1.68. The lowest BCUT2D eigenvalue weighted by Crippen LogP contribution is -2.68. The molecule has 1 saturated carbocycles. The SMILES string of the molecule is CNC(C)C1CC[C@H](N)[C@@H](OC2C(N)C[C@H](N)[C@@H](OC3OC[C@](C)(O)C(NC)[C@H]3O)C2O)O1. The monoisotopic (exact) mass is 477 g/mol. The molecule has 1 aliphatic carbocycles. The molecule has 11 N–H and O–H groups in total. The van der Waals surface area contributed by atoms with Crippen LogP contribution in [0, 0.1) is 0 Å². The first-order valence-corrected chi connectivity index (χ1v) is 11.8. The second-order valence-electron chi connectivity index (χ2n) is 9.91. The van der Waals surface area contributed by atoms with Crippen molar-refractivity contribution in [2.45, 2.75) is 112 Å². The Morgan fingerprint density at radius 3 is 2.15 bits per heavy atom. The Morgan fingerprint density at radius 2 is 1.58 bits per heavy atom. The maximum absolute atomic E-state index is 11.1. The van der Waals surface area contributed by atoms with Gasteiger partial charge in [0.05, 0.1) is 24.8 Å². The summed E-state index contributed by atoms with van der Waals surface area (Å²) in [7, 11) is 3.49. The predicted molar refractivity (Wildman–Crippen MR) is 120 cm³/mol. The Labute approximate surface area is 195 Å². The second-order valence-corrected chi connectivity index (χ2v) is 9.91. The molecule has 0 aromatic heterocycles. The first kappa shape index (κ1) is 27.1. The van der Waals surface area contributed by atoms with Gasteiger partial charge in [-0.3, -0.25) is 0 Å². The van der Waals surface area contributed by atoms with Gasteiger partial charge in [-0.1, -0.05) is 0 Å². The van der Waals surface area contributed by atoms with Gasteiger partial charge < -0.3 is 62.1 Å². The maximum Gasteiger partial charge on any atom is 0.185 e. The van der Waals surface area contributed by atoms with Crippen LogP contribution in [-0.2, 0) is 18.9 Å². The number of nitrogens with one attached hydrogen (secondary N) is 2. The quantitative estimate of drug-likeness (QED) is 0.182. The molecule has 13 atom stereocenters. The number of ether oxygens (including phenoxy) is 4. The molecule has 0 spiro atoms. The molecule has 7 unspecified atom stereocenters. The molecule has 2 aliphatic heterocycles. The van der Waals surface area contributed by atoms with Crippen molar-refractivity contribution in [2.24, 2.45) is 17.2 Å². The Morgan fingerprint density at radius 1 is 0.970 bits per heavy atom. The normalized spacial score (nSPS) is 50.2. The number of rotatable bonds is 7. The van der Waals surface area contributed by atoms with E-state index < -0.39 is 60.7 Å². The highest BCUT2D eigenvalue weighted by Crippen LogP contribution is 2.31. The van der Waals surface area contributed by atoms with Crippen LogP contribution in [0.1, 0.15) is 33.1 Å². The van der Waals surface area contributed by atoms with Crippen molar-refractivity contribution in [3.8, 4) is 0 Å². The van der Waals surface area contributed by atoms with E-state index in [-0.39, 0.29) is 24.8 Å². The van der Waals surface area contributed by atoms with Crippen LogP contribution in [0.5, 0.6) is 0 Å². The lowest BCUT2D eigenvalue weighted by molar-refractivity contribution is -0.307. The van der Waals surface area contributed by atoms with Gasteiger partial charge in [0, 0.05) is 18.1 Å². The largest absolute Gasteiger partial charge is 0.388 e. The van der Waals surface area contributed by atoms with Crippen LogP contribution < -0.4 is 27.8 Å². The number of aliphatic hydroxyl groups is 3. The van der Waals surface area contributed by atoms with E-state index in [2.05, 4.69) is 10.6 Å². The van der Waals surface area contributed by atoms with Gasteiger partial charge in [0.15, 0.2) is 12.6 Å². The lowest BCUT2D eigenvalue weighted by atomic mass is 9.84. The van der Waals surface area contributed by atoms with Crippen LogP contribution in [0.4, 0.5) is 0 Å². The topological polar surface area (TPSA) is 200 Å². The van der Waals surface area contributed by atoms with E-state index in [0.717, 1.165) is 6.42 Å². The van der Waals surface area contributed by atoms with Crippen molar-refractivity contribution < 1.29 is 34.3 Å². The zero-order valence-electron chi connectivity index (χ0n) is 20.0. The molecule has 0 radical (unpaired) electrons. The maximum atomic E-state index is 11.1. The fourth-order valence-electron chi connectivity index (χ4n) is 5.04. The summed E-state index contributed by atoms with van der Waals surface area (Å²) in [5.74, 6) is 0. The van der Waals surface area contributed by atoms with Gasteiger partial charge in [0.2, 0.25) is 0 Å². The van der Waals surface area contributed by atoms with Gasteiger partial charge in [-0.15, -0.1) is 0 Å². The molecule has 3 rings (SSSR count). The first-order valence-electron chi connectivity index (χ1n) is 11.8. The van der Waals surface area contributed by atoms with Crippen molar-refractivity contribution in [1.82, 2.24) is 10.6 Å². The molecule has 2 saturated heterocycles. The smallest absolute Gasteiger partial charge is 0.185 e. The number of hydrogen-bond donors (Lipinski definition) is 8. The van der Waals surface area contributed by atoms with E-state index in [1.165, 1.54) is 0 Å². The van der Waals surface area contributed by atoms with Crippen LogP contribution >= 0.6 is 0 Å². The molecular formula is C21H43N5O7. The van der Waals surface area contributed by atoms with Crippen molar-refractivity contribution in [3.05, 3.63) is 0 Å². The minimum absolute atomic E-state index is 0.0620. The fourth-order valence-corrected chi connectivity index (χ4v) is 5.04. The Kier molecular flexibility index (Phi) is 9.09.